The first-order valence-corrected chi connectivity index (χ1v) is 8.86. The third-order valence-corrected chi connectivity index (χ3v) is 4.48. The van der Waals surface area contributed by atoms with E-state index in [1.54, 1.807) is 23.1 Å². The van der Waals surface area contributed by atoms with Crippen LogP contribution in [0.3, 0.4) is 0 Å². The number of hydrogen-bond acceptors (Lipinski definition) is 4. The summed E-state index contributed by atoms with van der Waals surface area (Å²) in [5.74, 6) is 0.778. The molecule has 5 nitrogen and oxygen atoms in total. The number of nitrogens with zero attached hydrogens (tertiary/aromatic N) is 3. The Kier molecular flexibility index (Phi) is 5.37. The third kappa shape index (κ3) is 3.90. The quantitative estimate of drug-likeness (QED) is 0.658. The van der Waals surface area contributed by atoms with Gasteiger partial charge in [-0.25, -0.2) is 0 Å². The fraction of sp³-hybridized carbons (Fsp3) is 0.227. The summed E-state index contributed by atoms with van der Waals surface area (Å²) >= 11 is 0. The van der Waals surface area contributed by atoms with Gasteiger partial charge in [-0.3, -0.25) is 4.79 Å². The fourth-order valence-corrected chi connectivity index (χ4v) is 3.16. The molecule has 0 aliphatic heterocycles. The molecule has 3 rings (SSSR count). The van der Waals surface area contributed by atoms with E-state index in [1.165, 1.54) is 0 Å². The molecule has 0 saturated heterocycles. The first-order chi connectivity index (χ1) is 13.0. The number of amides is 1. The molecule has 0 bridgehead atoms. The standard InChI is InChI=1S/C22H21N3O2/c1-4-21(26)25(20-10-6-7-17(12-20)13-23)14-18-8-5-9-19(11-18)22-15(2)24-27-16(22)3/h5-12H,4,14H2,1-3H3. The molecule has 3 aromatic rings. The number of hydrogen-bond donors (Lipinski definition) is 0. The zero-order valence-electron chi connectivity index (χ0n) is 15.7. The summed E-state index contributed by atoms with van der Waals surface area (Å²) < 4.78 is 5.28. The Morgan fingerprint density at radius 2 is 1.96 bits per heavy atom. The summed E-state index contributed by atoms with van der Waals surface area (Å²) in [6, 6.07) is 17.3. The third-order valence-electron chi connectivity index (χ3n) is 4.48. The molecule has 0 radical (unpaired) electrons. The molecule has 0 spiro atoms. The van der Waals surface area contributed by atoms with Crippen LogP contribution in [0.2, 0.25) is 0 Å². The van der Waals surface area contributed by atoms with Crippen molar-refractivity contribution in [3.05, 3.63) is 71.1 Å². The van der Waals surface area contributed by atoms with Gasteiger partial charge in [-0.15, -0.1) is 0 Å². The molecule has 27 heavy (non-hydrogen) atoms. The Morgan fingerprint density at radius 1 is 1.19 bits per heavy atom. The van der Waals surface area contributed by atoms with Gasteiger partial charge in [0.25, 0.3) is 0 Å². The second-order valence-corrected chi connectivity index (χ2v) is 6.40. The van der Waals surface area contributed by atoms with Crippen LogP contribution in [0, 0.1) is 25.2 Å². The Labute approximate surface area is 158 Å². The van der Waals surface area contributed by atoms with Crippen LogP contribution in [0.4, 0.5) is 5.69 Å². The Morgan fingerprint density at radius 3 is 2.63 bits per heavy atom. The molecular weight excluding hydrogens is 338 g/mol. The Balaban J connectivity index is 1.96. The number of benzene rings is 2. The first-order valence-electron chi connectivity index (χ1n) is 8.86. The lowest BCUT2D eigenvalue weighted by atomic mass is 10.0. The maximum atomic E-state index is 12.6. The lowest BCUT2D eigenvalue weighted by Gasteiger charge is -2.23. The van der Waals surface area contributed by atoms with Crippen molar-refractivity contribution in [2.24, 2.45) is 0 Å². The van der Waals surface area contributed by atoms with Crippen molar-refractivity contribution < 1.29 is 9.32 Å². The average molecular weight is 359 g/mol. The van der Waals surface area contributed by atoms with Crippen LogP contribution in [0.15, 0.2) is 53.1 Å². The van der Waals surface area contributed by atoms with Gasteiger partial charge >= 0.3 is 0 Å². The van der Waals surface area contributed by atoms with Crippen molar-refractivity contribution in [1.82, 2.24) is 5.16 Å². The van der Waals surface area contributed by atoms with Gasteiger partial charge in [0.15, 0.2) is 0 Å². The number of nitriles is 1. The van der Waals surface area contributed by atoms with Crippen LogP contribution in [-0.2, 0) is 11.3 Å². The number of aromatic nitrogens is 1. The fourth-order valence-electron chi connectivity index (χ4n) is 3.16. The van der Waals surface area contributed by atoms with E-state index in [9.17, 15) is 4.79 Å². The lowest BCUT2D eigenvalue weighted by molar-refractivity contribution is -0.118. The van der Waals surface area contributed by atoms with Crippen molar-refractivity contribution in [1.29, 1.82) is 5.26 Å². The van der Waals surface area contributed by atoms with Gasteiger partial charge in [0.05, 0.1) is 23.9 Å². The summed E-state index contributed by atoms with van der Waals surface area (Å²) in [6.07, 6.45) is 0.389. The van der Waals surface area contributed by atoms with E-state index in [0.717, 1.165) is 33.8 Å². The minimum Gasteiger partial charge on any atom is -0.361 e. The normalized spacial score (nSPS) is 10.4. The van der Waals surface area contributed by atoms with Gasteiger partial charge in [0.2, 0.25) is 5.91 Å². The molecule has 0 fully saturated rings. The van der Waals surface area contributed by atoms with Crippen LogP contribution in [0.25, 0.3) is 11.1 Å². The minimum atomic E-state index is 0.00725. The molecule has 2 aromatic carbocycles. The van der Waals surface area contributed by atoms with Crippen molar-refractivity contribution in [2.45, 2.75) is 33.7 Å². The largest absolute Gasteiger partial charge is 0.361 e. The van der Waals surface area contributed by atoms with E-state index < -0.39 is 0 Å². The molecule has 1 aromatic heterocycles. The van der Waals surface area contributed by atoms with Gasteiger partial charge in [0.1, 0.15) is 5.76 Å². The number of aryl methyl sites for hydroxylation is 2. The highest BCUT2D eigenvalue weighted by atomic mass is 16.5. The molecule has 0 atom stereocenters. The molecule has 136 valence electrons. The van der Waals surface area contributed by atoms with E-state index in [2.05, 4.69) is 17.3 Å². The van der Waals surface area contributed by atoms with Gasteiger partial charge in [0, 0.05) is 17.7 Å². The number of carbonyl (C=O) groups excluding carboxylic acids is 1. The zero-order valence-corrected chi connectivity index (χ0v) is 15.7. The van der Waals surface area contributed by atoms with E-state index in [-0.39, 0.29) is 5.91 Å². The van der Waals surface area contributed by atoms with Crippen LogP contribution in [0.5, 0.6) is 0 Å². The Hall–Kier alpha value is -3.39. The number of rotatable bonds is 5. The van der Waals surface area contributed by atoms with Crippen molar-refractivity contribution in [2.75, 3.05) is 4.90 Å². The molecule has 0 aliphatic rings. The summed E-state index contributed by atoms with van der Waals surface area (Å²) in [6.45, 7) is 6.07. The van der Waals surface area contributed by atoms with Gasteiger partial charge < -0.3 is 9.42 Å². The van der Waals surface area contributed by atoms with Crippen LogP contribution >= 0.6 is 0 Å². The predicted octanol–water partition coefficient (Wildman–Crippen LogP) is 4.77. The molecule has 5 heteroatoms. The zero-order chi connectivity index (χ0) is 19.4. The molecule has 0 aliphatic carbocycles. The van der Waals surface area contributed by atoms with Crippen molar-refractivity contribution >= 4 is 11.6 Å². The van der Waals surface area contributed by atoms with Gasteiger partial charge in [-0.05, 0) is 49.2 Å². The second kappa shape index (κ2) is 7.88. The predicted molar refractivity (Wildman–Crippen MR) is 104 cm³/mol. The summed E-state index contributed by atoms with van der Waals surface area (Å²) in [4.78, 5) is 14.3. The maximum Gasteiger partial charge on any atom is 0.227 e. The minimum absolute atomic E-state index is 0.00725. The average Bonchev–Trinajstić information content (AvgIpc) is 3.04. The second-order valence-electron chi connectivity index (χ2n) is 6.40. The summed E-state index contributed by atoms with van der Waals surface area (Å²) in [7, 11) is 0. The molecule has 0 N–H and O–H groups in total. The smallest absolute Gasteiger partial charge is 0.227 e. The molecular formula is C22H21N3O2. The van der Waals surface area contributed by atoms with E-state index >= 15 is 0 Å². The SMILES string of the molecule is CCC(=O)N(Cc1cccc(-c2c(C)noc2C)c1)c1cccc(C#N)c1. The highest BCUT2D eigenvalue weighted by Gasteiger charge is 2.17. The van der Waals surface area contributed by atoms with E-state index in [4.69, 9.17) is 9.78 Å². The molecule has 1 amide bonds. The van der Waals surface area contributed by atoms with Crippen LogP contribution in [-0.4, -0.2) is 11.1 Å². The maximum absolute atomic E-state index is 12.6. The van der Waals surface area contributed by atoms with Crippen molar-refractivity contribution in [3.8, 4) is 17.2 Å². The van der Waals surface area contributed by atoms with E-state index in [0.29, 0.717) is 18.5 Å². The topological polar surface area (TPSA) is 70.1 Å². The number of anilines is 1. The van der Waals surface area contributed by atoms with E-state index in [1.807, 2.05) is 45.0 Å². The van der Waals surface area contributed by atoms with Gasteiger partial charge in [-0.1, -0.05) is 36.3 Å². The molecule has 0 saturated carbocycles. The molecule has 0 unspecified atom stereocenters. The van der Waals surface area contributed by atoms with Gasteiger partial charge in [-0.2, -0.15) is 5.26 Å². The highest BCUT2D eigenvalue weighted by Crippen LogP contribution is 2.28. The monoisotopic (exact) mass is 359 g/mol. The van der Waals surface area contributed by atoms with Crippen LogP contribution in [0.1, 0.15) is 35.9 Å². The summed E-state index contributed by atoms with van der Waals surface area (Å²) in [5.41, 5.74) is 5.09. The first kappa shape index (κ1) is 18.4. The highest BCUT2D eigenvalue weighted by molar-refractivity contribution is 5.93. The van der Waals surface area contributed by atoms with Crippen LogP contribution < -0.4 is 4.90 Å². The lowest BCUT2D eigenvalue weighted by Crippen LogP contribution is -2.29. The Bertz CT molecular complexity index is 995. The van der Waals surface area contributed by atoms with Crippen molar-refractivity contribution in [3.63, 3.8) is 0 Å². The summed E-state index contributed by atoms with van der Waals surface area (Å²) in [5, 5.41) is 13.2. The number of carbonyl (C=O) groups is 1. The molecule has 1 heterocycles.